The highest BCUT2D eigenvalue weighted by Gasteiger charge is 2.20. The molecule has 0 spiro atoms. The average molecular weight is 420 g/mol. The number of carbonyl (C=O) groups excluding carboxylic acids is 1. The molecule has 0 bridgehead atoms. The normalized spacial score (nSPS) is 10.6. The Morgan fingerprint density at radius 2 is 1.57 bits per heavy atom. The lowest BCUT2D eigenvalue weighted by molar-refractivity contribution is -0.684. The molecule has 0 unspecified atom stereocenters. The second-order valence-corrected chi connectivity index (χ2v) is 7.40. The first-order chi connectivity index (χ1) is 13.0. The molecule has 0 aliphatic heterocycles. The molecule has 1 aromatic heterocycles. The summed E-state index contributed by atoms with van der Waals surface area (Å²) >= 11 is 0. The minimum atomic E-state index is -3.92. The van der Waals surface area contributed by atoms with Crippen LogP contribution in [0.25, 0.3) is 0 Å². The Hall–Kier alpha value is -3.10. The van der Waals surface area contributed by atoms with Crippen molar-refractivity contribution in [1.29, 1.82) is 0 Å². The zero-order valence-corrected chi connectivity index (χ0v) is 16.2. The maximum absolute atomic E-state index is 12.5. The number of anilines is 2. The van der Waals surface area contributed by atoms with E-state index in [1.54, 1.807) is 47.3 Å². The number of benzene rings is 2. The fraction of sp³-hybridized carbons (Fsp3) is 0.0526. The molecular weight excluding hydrogens is 402 g/mol. The van der Waals surface area contributed by atoms with Crippen LogP contribution in [0.4, 0.5) is 11.4 Å². The highest BCUT2D eigenvalue weighted by Crippen LogP contribution is 2.33. The minimum Gasteiger partial charge on any atom is -1.00 e. The Bertz CT molecular complexity index is 1050. The first-order valence-electron chi connectivity index (χ1n) is 8.09. The molecule has 28 heavy (non-hydrogen) atoms. The maximum Gasteiger partial charge on any atom is 0.290 e. The molecule has 0 saturated heterocycles. The summed E-state index contributed by atoms with van der Waals surface area (Å²) < 4.78 is 29.1. The van der Waals surface area contributed by atoms with Gasteiger partial charge in [0, 0.05) is 12.1 Å². The molecule has 0 fully saturated rings. The summed E-state index contributed by atoms with van der Waals surface area (Å²) in [6, 6.07) is 17.5. The van der Waals surface area contributed by atoms with Crippen LogP contribution in [-0.2, 0) is 21.4 Å². The van der Waals surface area contributed by atoms with Crippen molar-refractivity contribution in [2.45, 2.75) is 11.4 Å². The SMILES string of the molecule is O=C(C[n+]1ccccc1)Nc1cccc(O)c1NS(=O)(=O)c1ccccc1.[Cl-]. The van der Waals surface area contributed by atoms with Crippen LogP contribution in [0.3, 0.4) is 0 Å². The number of rotatable bonds is 6. The fourth-order valence-corrected chi connectivity index (χ4v) is 3.56. The van der Waals surface area contributed by atoms with E-state index in [4.69, 9.17) is 0 Å². The fourth-order valence-electron chi connectivity index (χ4n) is 2.44. The Kier molecular flexibility index (Phi) is 6.97. The average Bonchev–Trinajstić information content (AvgIpc) is 2.66. The van der Waals surface area contributed by atoms with E-state index in [1.807, 2.05) is 6.07 Å². The van der Waals surface area contributed by atoms with Crippen LogP contribution in [0.2, 0.25) is 0 Å². The number of halogens is 1. The van der Waals surface area contributed by atoms with E-state index >= 15 is 0 Å². The number of phenols is 1. The highest BCUT2D eigenvalue weighted by molar-refractivity contribution is 7.92. The van der Waals surface area contributed by atoms with Gasteiger partial charge in [0.1, 0.15) is 11.4 Å². The Labute approximate surface area is 169 Å². The van der Waals surface area contributed by atoms with Gasteiger partial charge in [-0.15, -0.1) is 0 Å². The number of aromatic hydroxyl groups is 1. The van der Waals surface area contributed by atoms with Crippen LogP contribution in [0, 0.1) is 0 Å². The molecule has 3 rings (SSSR count). The number of aromatic nitrogens is 1. The molecule has 0 radical (unpaired) electrons. The van der Waals surface area contributed by atoms with Crippen LogP contribution in [0.5, 0.6) is 5.75 Å². The number of amides is 1. The number of hydrogen-bond acceptors (Lipinski definition) is 4. The summed E-state index contributed by atoms with van der Waals surface area (Å²) in [5.41, 5.74) is 0.0730. The maximum atomic E-state index is 12.5. The minimum absolute atomic E-state index is 0. The van der Waals surface area contributed by atoms with Gasteiger partial charge in [-0.3, -0.25) is 9.52 Å². The van der Waals surface area contributed by atoms with Gasteiger partial charge < -0.3 is 22.8 Å². The Morgan fingerprint density at radius 1 is 0.929 bits per heavy atom. The van der Waals surface area contributed by atoms with Gasteiger partial charge in [0.25, 0.3) is 15.9 Å². The molecular formula is C19H18ClN3O4S. The zero-order chi connectivity index (χ0) is 19.3. The molecule has 3 N–H and O–H groups in total. The van der Waals surface area contributed by atoms with Gasteiger partial charge in [0.2, 0.25) is 6.54 Å². The number of nitrogens with zero attached hydrogens (tertiary/aromatic N) is 1. The van der Waals surface area contributed by atoms with Crippen molar-refractivity contribution in [3.8, 4) is 5.75 Å². The summed E-state index contributed by atoms with van der Waals surface area (Å²) in [7, 11) is -3.92. The van der Waals surface area contributed by atoms with Gasteiger partial charge in [-0.25, -0.2) is 8.42 Å². The molecule has 1 amide bonds. The third-order valence-corrected chi connectivity index (χ3v) is 5.08. The summed E-state index contributed by atoms with van der Waals surface area (Å²) in [6.45, 7) is 0.0430. The van der Waals surface area contributed by atoms with Gasteiger partial charge in [-0.05, 0) is 24.3 Å². The number of pyridine rings is 1. The van der Waals surface area contributed by atoms with Crippen LogP contribution < -0.4 is 27.0 Å². The molecule has 0 saturated carbocycles. The van der Waals surface area contributed by atoms with Crippen molar-refractivity contribution in [1.82, 2.24) is 0 Å². The first kappa shape index (κ1) is 21.2. The van der Waals surface area contributed by atoms with E-state index in [2.05, 4.69) is 10.0 Å². The summed E-state index contributed by atoms with van der Waals surface area (Å²) in [5.74, 6) is -0.656. The van der Waals surface area contributed by atoms with E-state index in [1.165, 1.54) is 30.3 Å². The number of carbonyl (C=O) groups is 1. The molecule has 3 aromatic rings. The third-order valence-electron chi connectivity index (χ3n) is 3.71. The van der Waals surface area contributed by atoms with Gasteiger partial charge in [0.15, 0.2) is 12.4 Å². The monoisotopic (exact) mass is 419 g/mol. The van der Waals surface area contributed by atoms with Crippen LogP contribution in [-0.4, -0.2) is 19.4 Å². The molecule has 1 heterocycles. The zero-order valence-electron chi connectivity index (χ0n) is 14.6. The molecule has 0 aliphatic carbocycles. The van der Waals surface area contributed by atoms with Gasteiger partial charge in [-0.1, -0.05) is 30.3 Å². The summed E-state index contributed by atoms with van der Waals surface area (Å²) in [6.07, 6.45) is 3.47. The van der Waals surface area contributed by atoms with E-state index in [9.17, 15) is 18.3 Å². The Balaban J connectivity index is 0.00000280. The largest absolute Gasteiger partial charge is 1.00 e. The lowest BCUT2D eigenvalue weighted by atomic mass is 10.2. The van der Waals surface area contributed by atoms with E-state index in [0.29, 0.717) is 0 Å². The number of sulfonamides is 1. The van der Waals surface area contributed by atoms with Crippen LogP contribution >= 0.6 is 0 Å². The smallest absolute Gasteiger partial charge is 0.290 e. The van der Waals surface area contributed by atoms with Gasteiger partial charge in [-0.2, -0.15) is 4.57 Å². The molecule has 9 heteroatoms. The van der Waals surface area contributed by atoms with Gasteiger partial charge in [0.05, 0.1) is 10.6 Å². The standard InChI is InChI=1S/C19H17N3O4S.ClH/c23-17-11-7-10-16(20-18(24)14-22-12-5-2-6-13-22)19(17)21-27(25,26)15-8-3-1-4-9-15;/h1-13,21H,14H2,(H-,20,23,24);1H. The molecule has 0 atom stereocenters. The summed E-state index contributed by atoms with van der Waals surface area (Å²) in [4.78, 5) is 12.3. The van der Waals surface area contributed by atoms with E-state index in [-0.39, 0.29) is 46.9 Å². The number of nitrogens with one attached hydrogen (secondary N) is 2. The van der Waals surface area contributed by atoms with E-state index < -0.39 is 10.0 Å². The molecule has 0 aliphatic rings. The molecule has 146 valence electrons. The highest BCUT2D eigenvalue weighted by atomic mass is 35.5. The van der Waals surface area contributed by atoms with E-state index in [0.717, 1.165) is 0 Å². The second kappa shape index (κ2) is 9.20. The predicted octanol–water partition coefficient (Wildman–Crippen LogP) is -0.877. The van der Waals surface area contributed by atoms with Crippen molar-refractivity contribution >= 4 is 27.3 Å². The lowest BCUT2D eigenvalue weighted by Crippen LogP contribution is -3.00. The number of phenolic OH excluding ortho intramolecular Hbond substituents is 1. The van der Waals surface area contributed by atoms with Crippen molar-refractivity contribution < 1.29 is 35.3 Å². The first-order valence-corrected chi connectivity index (χ1v) is 9.58. The number of para-hydroxylation sites is 1. The quantitative estimate of drug-likeness (QED) is 0.357. The van der Waals surface area contributed by atoms with Crippen LogP contribution in [0.15, 0.2) is 84.0 Å². The van der Waals surface area contributed by atoms with Crippen molar-refractivity contribution in [2.75, 3.05) is 10.0 Å². The predicted molar refractivity (Wildman–Crippen MR) is 101 cm³/mol. The second-order valence-electron chi connectivity index (χ2n) is 5.71. The lowest BCUT2D eigenvalue weighted by Gasteiger charge is -2.14. The number of hydrogen-bond donors (Lipinski definition) is 3. The Morgan fingerprint density at radius 3 is 2.25 bits per heavy atom. The van der Waals surface area contributed by atoms with Crippen molar-refractivity contribution in [3.63, 3.8) is 0 Å². The molecule has 7 nitrogen and oxygen atoms in total. The summed E-state index contributed by atoms with van der Waals surface area (Å²) in [5, 5.41) is 12.7. The van der Waals surface area contributed by atoms with Crippen LogP contribution in [0.1, 0.15) is 0 Å². The van der Waals surface area contributed by atoms with Gasteiger partial charge >= 0.3 is 0 Å². The third kappa shape index (κ3) is 5.21. The van der Waals surface area contributed by atoms with Crippen molar-refractivity contribution in [2.24, 2.45) is 0 Å². The topological polar surface area (TPSA) is 99.4 Å². The van der Waals surface area contributed by atoms with Crippen molar-refractivity contribution in [3.05, 3.63) is 79.1 Å². The molecule has 2 aromatic carbocycles.